The van der Waals surface area contributed by atoms with E-state index in [4.69, 9.17) is 0 Å². The van der Waals surface area contributed by atoms with Crippen LogP contribution >= 0.6 is 0 Å². The second-order valence-electron chi connectivity index (χ2n) is 7.99. The number of aromatic amines is 1. The van der Waals surface area contributed by atoms with Gasteiger partial charge in [0.15, 0.2) is 0 Å². The Bertz CT molecular complexity index is 1130. The fourth-order valence-corrected chi connectivity index (χ4v) is 3.90. The summed E-state index contributed by atoms with van der Waals surface area (Å²) < 4.78 is 0. The van der Waals surface area contributed by atoms with Crippen molar-refractivity contribution in [3.8, 4) is 0 Å². The minimum atomic E-state index is 0.0543. The largest absolute Gasteiger partial charge is 0.378 e. The Balaban J connectivity index is 1.53. The maximum atomic E-state index is 12.6. The number of hydrogen-bond acceptors (Lipinski definition) is 3. The molecule has 0 saturated heterocycles. The number of para-hydroxylation sites is 1. The zero-order valence-corrected chi connectivity index (χ0v) is 18.0. The fraction of sp³-hybridized carbons (Fsp3) is 0.231. The van der Waals surface area contributed by atoms with Gasteiger partial charge in [-0.1, -0.05) is 36.4 Å². The van der Waals surface area contributed by atoms with E-state index in [-0.39, 0.29) is 11.8 Å². The first kappa shape index (κ1) is 20.7. The number of carbonyl (C=O) groups is 1. The predicted octanol–water partition coefficient (Wildman–Crippen LogP) is 4.51. The van der Waals surface area contributed by atoms with E-state index >= 15 is 0 Å². The van der Waals surface area contributed by atoms with E-state index in [1.807, 2.05) is 38.5 Å². The molecule has 5 heteroatoms. The number of benzene rings is 2. The number of rotatable bonds is 8. The van der Waals surface area contributed by atoms with E-state index in [1.165, 1.54) is 16.5 Å². The van der Waals surface area contributed by atoms with Gasteiger partial charge in [-0.25, -0.2) is 0 Å². The summed E-state index contributed by atoms with van der Waals surface area (Å²) in [5.41, 5.74) is 5.71. The highest BCUT2D eigenvalue weighted by Gasteiger charge is 2.19. The minimum Gasteiger partial charge on any atom is -0.378 e. The summed E-state index contributed by atoms with van der Waals surface area (Å²) in [7, 11) is 4.07. The molecular weight excluding hydrogens is 384 g/mol. The number of anilines is 1. The molecule has 1 amide bonds. The first-order valence-electron chi connectivity index (χ1n) is 10.6. The van der Waals surface area contributed by atoms with Crippen LogP contribution in [0.3, 0.4) is 0 Å². The van der Waals surface area contributed by atoms with Crippen molar-refractivity contribution >= 4 is 22.5 Å². The van der Waals surface area contributed by atoms with Crippen LogP contribution in [-0.4, -0.2) is 36.5 Å². The predicted molar refractivity (Wildman–Crippen MR) is 126 cm³/mol. The maximum absolute atomic E-state index is 12.6. The van der Waals surface area contributed by atoms with Gasteiger partial charge in [0.05, 0.1) is 0 Å². The zero-order valence-electron chi connectivity index (χ0n) is 18.0. The van der Waals surface area contributed by atoms with Crippen molar-refractivity contribution in [2.24, 2.45) is 0 Å². The highest BCUT2D eigenvalue weighted by atomic mass is 16.1. The monoisotopic (exact) mass is 412 g/mol. The molecule has 0 fully saturated rings. The second kappa shape index (κ2) is 9.47. The standard InChI is InChI=1S/C26H28N4O/c1-30(2)21-12-10-20(11-13-21)23(24-18-28-25-8-4-3-7-22(24)25)17-29-26(31)14-9-19-6-5-15-27-16-19/h3-8,10-13,15-16,18,23,28H,9,14,17H2,1-2H3,(H,29,31). The molecule has 4 aromatic rings. The number of pyridine rings is 1. The summed E-state index contributed by atoms with van der Waals surface area (Å²) in [6, 6.07) is 20.8. The molecule has 0 aliphatic heterocycles. The summed E-state index contributed by atoms with van der Waals surface area (Å²) in [6.07, 6.45) is 6.77. The molecule has 0 spiro atoms. The van der Waals surface area contributed by atoms with E-state index in [9.17, 15) is 4.79 Å². The molecule has 2 N–H and O–H groups in total. The van der Waals surface area contributed by atoms with Gasteiger partial charge >= 0.3 is 0 Å². The molecule has 31 heavy (non-hydrogen) atoms. The van der Waals surface area contributed by atoms with Crippen molar-refractivity contribution in [2.75, 3.05) is 25.5 Å². The molecule has 158 valence electrons. The van der Waals surface area contributed by atoms with Gasteiger partial charge in [0, 0.05) is 68.2 Å². The van der Waals surface area contributed by atoms with Crippen molar-refractivity contribution < 1.29 is 4.79 Å². The fourth-order valence-electron chi connectivity index (χ4n) is 3.90. The van der Waals surface area contributed by atoms with Gasteiger partial charge in [0.25, 0.3) is 0 Å². The zero-order chi connectivity index (χ0) is 21.6. The first-order valence-corrected chi connectivity index (χ1v) is 10.6. The summed E-state index contributed by atoms with van der Waals surface area (Å²) in [4.78, 5) is 22.2. The number of amides is 1. The molecule has 0 bridgehead atoms. The number of fused-ring (bicyclic) bond motifs is 1. The molecular formula is C26H28N4O. The summed E-state index contributed by atoms with van der Waals surface area (Å²) in [6.45, 7) is 0.551. The van der Waals surface area contributed by atoms with Gasteiger partial charge in [-0.2, -0.15) is 0 Å². The van der Waals surface area contributed by atoms with Crippen LogP contribution < -0.4 is 10.2 Å². The number of carbonyl (C=O) groups excluding carboxylic acids is 1. The summed E-state index contributed by atoms with van der Waals surface area (Å²) in [5.74, 6) is 0.119. The number of nitrogens with zero attached hydrogens (tertiary/aromatic N) is 2. The van der Waals surface area contributed by atoms with Crippen LogP contribution in [0.4, 0.5) is 5.69 Å². The topological polar surface area (TPSA) is 61.0 Å². The average Bonchev–Trinajstić information content (AvgIpc) is 3.23. The number of hydrogen-bond donors (Lipinski definition) is 2. The van der Waals surface area contributed by atoms with E-state index in [0.717, 1.165) is 16.8 Å². The van der Waals surface area contributed by atoms with E-state index in [2.05, 4.69) is 68.8 Å². The van der Waals surface area contributed by atoms with E-state index in [0.29, 0.717) is 19.4 Å². The van der Waals surface area contributed by atoms with Gasteiger partial charge in [-0.15, -0.1) is 0 Å². The second-order valence-corrected chi connectivity index (χ2v) is 7.99. The van der Waals surface area contributed by atoms with Crippen LogP contribution in [0.25, 0.3) is 10.9 Å². The van der Waals surface area contributed by atoms with Crippen LogP contribution in [0, 0.1) is 0 Å². The van der Waals surface area contributed by atoms with Crippen molar-refractivity contribution in [1.82, 2.24) is 15.3 Å². The number of nitrogens with one attached hydrogen (secondary N) is 2. The molecule has 0 aliphatic carbocycles. The first-order chi connectivity index (χ1) is 15.1. The molecule has 5 nitrogen and oxygen atoms in total. The van der Waals surface area contributed by atoms with Gasteiger partial charge in [0.1, 0.15) is 0 Å². The van der Waals surface area contributed by atoms with Gasteiger partial charge in [-0.3, -0.25) is 9.78 Å². The maximum Gasteiger partial charge on any atom is 0.220 e. The Morgan fingerprint density at radius 3 is 2.61 bits per heavy atom. The third kappa shape index (κ3) is 4.94. The quantitative estimate of drug-likeness (QED) is 0.448. The van der Waals surface area contributed by atoms with Crippen molar-refractivity contribution in [1.29, 1.82) is 0 Å². The number of aromatic nitrogens is 2. The van der Waals surface area contributed by atoms with Gasteiger partial charge < -0.3 is 15.2 Å². The van der Waals surface area contributed by atoms with Crippen molar-refractivity contribution in [2.45, 2.75) is 18.8 Å². The molecule has 2 aromatic heterocycles. The van der Waals surface area contributed by atoms with Crippen LogP contribution in [-0.2, 0) is 11.2 Å². The summed E-state index contributed by atoms with van der Waals surface area (Å²) in [5, 5.41) is 4.35. The summed E-state index contributed by atoms with van der Waals surface area (Å²) >= 11 is 0. The van der Waals surface area contributed by atoms with Gasteiger partial charge in [0.2, 0.25) is 5.91 Å². The number of H-pyrrole nitrogens is 1. The lowest BCUT2D eigenvalue weighted by Crippen LogP contribution is -2.29. The lowest BCUT2D eigenvalue weighted by Gasteiger charge is -2.20. The molecule has 1 unspecified atom stereocenters. The molecule has 2 aromatic carbocycles. The van der Waals surface area contributed by atoms with Crippen LogP contribution in [0.5, 0.6) is 0 Å². The molecule has 0 radical (unpaired) electrons. The highest BCUT2D eigenvalue weighted by Crippen LogP contribution is 2.31. The SMILES string of the molecule is CN(C)c1ccc(C(CNC(=O)CCc2cccnc2)c2c[nH]c3ccccc23)cc1. The molecule has 0 saturated carbocycles. The lowest BCUT2D eigenvalue weighted by atomic mass is 9.90. The van der Waals surface area contributed by atoms with Crippen molar-refractivity contribution in [3.63, 3.8) is 0 Å². The Hall–Kier alpha value is -3.60. The highest BCUT2D eigenvalue weighted by molar-refractivity contribution is 5.84. The molecule has 0 aliphatic rings. The molecule has 2 heterocycles. The third-order valence-electron chi connectivity index (χ3n) is 5.68. The van der Waals surface area contributed by atoms with Crippen LogP contribution in [0.1, 0.15) is 29.0 Å². The molecule has 4 rings (SSSR count). The Kier molecular flexibility index (Phi) is 6.32. The lowest BCUT2D eigenvalue weighted by molar-refractivity contribution is -0.121. The average molecular weight is 413 g/mol. The smallest absolute Gasteiger partial charge is 0.220 e. The normalized spacial score (nSPS) is 11.9. The Morgan fingerprint density at radius 1 is 1.06 bits per heavy atom. The minimum absolute atomic E-state index is 0.0543. The Morgan fingerprint density at radius 2 is 1.87 bits per heavy atom. The Labute approximate surface area is 183 Å². The van der Waals surface area contributed by atoms with Gasteiger partial charge in [-0.05, 0) is 47.4 Å². The third-order valence-corrected chi connectivity index (χ3v) is 5.68. The van der Waals surface area contributed by atoms with Crippen molar-refractivity contribution in [3.05, 3.63) is 95.9 Å². The van der Waals surface area contributed by atoms with Crippen LogP contribution in [0.15, 0.2) is 79.3 Å². The molecule has 1 atom stereocenters. The van der Waals surface area contributed by atoms with Crippen LogP contribution in [0.2, 0.25) is 0 Å². The van der Waals surface area contributed by atoms with E-state index in [1.54, 1.807) is 6.20 Å². The van der Waals surface area contributed by atoms with E-state index < -0.39 is 0 Å². The number of aryl methyl sites for hydroxylation is 1.